The maximum Gasteiger partial charge on any atom is 0.0441 e. The van der Waals surface area contributed by atoms with Crippen LogP contribution in [-0.4, -0.2) is 4.98 Å². The smallest absolute Gasteiger partial charge is 0.0441 e. The number of pyridine rings is 1. The van der Waals surface area contributed by atoms with E-state index in [1.807, 2.05) is 24.3 Å². The van der Waals surface area contributed by atoms with Gasteiger partial charge in [0.05, 0.1) is 0 Å². The molecule has 1 aromatic heterocycles. The summed E-state index contributed by atoms with van der Waals surface area (Å²) in [5.41, 5.74) is 1.08. The SMILES string of the molecule is C=CC[14c]1ccccn1. The molecule has 0 saturated heterocycles. The molecule has 0 fully saturated rings. The van der Waals surface area contributed by atoms with E-state index in [1.165, 1.54) is 0 Å². The summed E-state index contributed by atoms with van der Waals surface area (Å²) in [5, 5.41) is 0. The minimum Gasteiger partial charge on any atom is -0.261 e. The second-order valence-electron chi connectivity index (χ2n) is 1.81. The van der Waals surface area contributed by atoms with Crippen molar-refractivity contribution in [1.82, 2.24) is 4.98 Å². The first-order chi connectivity index (χ1) is 4.43. The minimum absolute atomic E-state index is 0.862. The standard InChI is InChI=1S/C8H9N/c1-2-5-8-6-3-4-7-9-8/h2-4,6-7H,1,5H2/i8+2. The lowest BCUT2D eigenvalue weighted by Gasteiger charge is -1.90. The Morgan fingerprint density at radius 1 is 1.56 bits per heavy atom. The fourth-order valence-electron chi connectivity index (χ4n) is 0.667. The quantitative estimate of drug-likeness (QED) is 0.544. The Labute approximate surface area is 55.1 Å². The van der Waals surface area contributed by atoms with E-state index in [9.17, 15) is 0 Å². The molecule has 0 spiro atoms. The van der Waals surface area contributed by atoms with Gasteiger partial charge in [-0.25, -0.2) is 0 Å². The Bertz CT molecular complexity index is 179. The molecule has 0 aliphatic carbocycles. The van der Waals surface area contributed by atoms with Crippen molar-refractivity contribution in [2.45, 2.75) is 6.42 Å². The molecule has 0 N–H and O–H groups in total. The van der Waals surface area contributed by atoms with Crippen LogP contribution in [-0.2, 0) is 6.42 Å². The number of hydrogen-bond donors (Lipinski definition) is 0. The van der Waals surface area contributed by atoms with E-state index in [4.69, 9.17) is 0 Å². The highest BCUT2D eigenvalue weighted by atomic mass is 15.2. The van der Waals surface area contributed by atoms with Crippen molar-refractivity contribution < 1.29 is 0 Å². The van der Waals surface area contributed by atoms with Crippen LogP contribution in [0.25, 0.3) is 0 Å². The molecule has 1 rings (SSSR count). The van der Waals surface area contributed by atoms with E-state index in [0.29, 0.717) is 0 Å². The van der Waals surface area contributed by atoms with Crippen molar-refractivity contribution in [3.63, 3.8) is 0 Å². The maximum atomic E-state index is 4.10. The van der Waals surface area contributed by atoms with Gasteiger partial charge >= 0.3 is 0 Å². The normalized spacial score (nSPS) is 8.89. The molecule has 0 aromatic carbocycles. The second kappa shape index (κ2) is 3.02. The van der Waals surface area contributed by atoms with Crippen molar-refractivity contribution in [2.75, 3.05) is 0 Å². The highest BCUT2D eigenvalue weighted by molar-refractivity contribution is 5.06. The van der Waals surface area contributed by atoms with Gasteiger partial charge in [-0.2, -0.15) is 0 Å². The molecule has 0 saturated carbocycles. The van der Waals surface area contributed by atoms with Crippen LogP contribution in [0.3, 0.4) is 0 Å². The topological polar surface area (TPSA) is 12.9 Å². The molecule has 1 heterocycles. The van der Waals surface area contributed by atoms with E-state index >= 15 is 0 Å². The average molecular weight is 121 g/mol. The fourth-order valence-corrected chi connectivity index (χ4v) is 0.667. The maximum absolute atomic E-state index is 4.10. The van der Waals surface area contributed by atoms with Crippen LogP contribution in [0.15, 0.2) is 37.1 Å². The lowest BCUT2D eigenvalue weighted by Crippen LogP contribution is -1.82. The van der Waals surface area contributed by atoms with Crippen LogP contribution in [0.5, 0.6) is 0 Å². The zero-order valence-electron chi connectivity index (χ0n) is 5.25. The van der Waals surface area contributed by atoms with E-state index in [-0.39, 0.29) is 0 Å². The number of rotatable bonds is 2. The molecule has 0 radical (unpaired) electrons. The molecule has 1 aromatic rings. The molecule has 0 bridgehead atoms. The fraction of sp³-hybridized carbons (Fsp3) is 0.125. The van der Waals surface area contributed by atoms with Crippen molar-refractivity contribution in [3.05, 3.63) is 42.7 Å². The molecule has 1 nitrogen and oxygen atoms in total. The van der Waals surface area contributed by atoms with Gasteiger partial charge in [-0.1, -0.05) is 12.1 Å². The summed E-state index contributed by atoms with van der Waals surface area (Å²) >= 11 is 0. The summed E-state index contributed by atoms with van der Waals surface area (Å²) in [5.74, 6) is 0. The Hall–Kier alpha value is -1.11. The average Bonchev–Trinajstić information content (AvgIpc) is 1.91. The lowest BCUT2D eigenvalue weighted by atomic mass is 10.5. The van der Waals surface area contributed by atoms with E-state index in [2.05, 4.69) is 11.6 Å². The van der Waals surface area contributed by atoms with Crippen molar-refractivity contribution in [2.24, 2.45) is 0 Å². The van der Waals surface area contributed by atoms with Crippen molar-refractivity contribution in [1.29, 1.82) is 0 Å². The van der Waals surface area contributed by atoms with Gasteiger partial charge in [-0.15, -0.1) is 6.58 Å². The zero-order chi connectivity index (χ0) is 6.53. The van der Waals surface area contributed by atoms with Gasteiger partial charge in [0.2, 0.25) is 0 Å². The first-order valence-electron chi connectivity index (χ1n) is 2.94. The first kappa shape index (κ1) is 6.02. The summed E-state index contributed by atoms with van der Waals surface area (Å²) < 4.78 is 0. The number of hydrogen-bond acceptors (Lipinski definition) is 1. The predicted octanol–water partition coefficient (Wildman–Crippen LogP) is 1.81. The number of allylic oxidation sites excluding steroid dienone is 1. The third-order valence-electron chi connectivity index (χ3n) is 1.08. The lowest BCUT2D eigenvalue weighted by molar-refractivity contribution is 1.11. The van der Waals surface area contributed by atoms with Crippen LogP contribution in [0.1, 0.15) is 5.69 Å². The molecule has 0 unspecified atom stereocenters. The molecule has 0 aliphatic rings. The summed E-state index contributed by atoms with van der Waals surface area (Å²) in [6.45, 7) is 3.62. The number of aromatic nitrogens is 1. The first-order valence-corrected chi connectivity index (χ1v) is 2.94. The van der Waals surface area contributed by atoms with E-state index < -0.39 is 0 Å². The summed E-state index contributed by atoms with van der Waals surface area (Å²) in [6.07, 6.45) is 4.50. The van der Waals surface area contributed by atoms with E-state index in [1.54, 1.807) is 6.20 Å². The van der Waals surface area contributed by atoms with Crippen LogP contribution >= 0.6 is 0 Å². The zero-order valence-corrected chi connectivity index (χ0v) is 5.25. The van der Waals surface area contributed by atoms with Crippen LogP contribution in [0.4, 0.5) is 0 Å². The summed E-state index contributed by atoms with van der Waals surface area (Å²) in [6, 6.07) is 5.88. The third kappa shape index (κ3) is 1.68. The second-order valence-corrected chi connectivity index (χ2v) is 1.81. The Morgan fingerprint density at radius 3 is 3.00 bits per heavy atom. The van der Waals surface area contributed by atoms with Crippen molar-refractivity contribution in [3.8, 4) is 0 Å². The molecule has 1 heteroatoms. The summed E-state index contributed by atoms with van der Waals surface area (Å²) in [4.78, 5) is 4.10. The Kier molecular flexibility index (Phi) is 2.02. The van der Waals surface area contributed by atoms with Crippen LogP contribution < -0.4 is 0 Å². The van der Waals surface area contributed by atoms with Crippen molar-refractivity contribution >= 4 is 0 Å². The van der Waals surface area contributed by atoms with Crippen LogP contribution in [0, 0.1) is 0 Å². The van der Waals surface area contributed by atoms with Gasteiger partial charge in [-0.05, 0) is 12.1 Å². The molecular weight excluding hydrogens is 112 g/mol. The van der Waals surface area contributed by atoms with Gasteiger partial charge < -0.3 is 0 Å². The van der Waals surface area contributed by atoms with Crippen LogP contribution in [0.2, 0.25) is 0 Å². The minimum atomic E-state index is 0.862. The monoisotopic (exact) mass is 121 g/mol. The van der Waals surface area contributed by atoms with Gasteiger partial charge in [0.25, 0.3) is 0 Å². The molecule has 9 heavy (non-hydrogen) atoms. The van der Waals surface area contributed by atoms with Gasteiger partial charge in [0.15, 0.2) is 0 Å². The van der Waals surface area contributed by atoms with E-state index in [0.717, 1.165) is 12.1 Å². The summed E-state index contributed by atoms with van der Waals surface area (Å²) in [7, 11) is 0. The predicted molar refractivity (Wildman–Crippen MR) is 38.1 cm³/mol. The molecule has 0 amide bonds. The van der Waals surface area contributed by atoms with Gasteiger partial charge in [0.1, 0.15) is 0 Å². The number of nitrogens with zero attached hydrogens (tertiary/aromatic N) is 1. The highest BCUT2D eigenvalue weighted by Gasteiger charge is 1.83. The molecular formula is C8H9N. The van der Waals surface area contributed by atoms with Gasteiger partial charge in [-0.3, -0.25) is 4.98 Å². The molecule has 0 atom stereocenters. The third-order valence-corrected chi connectivity index (χ3v) is 1.08. The highest BCUT2D eigenvalue weighted by Crippen LogP contribution is 1.93. The van der Waals surface area contributed by atoms with Gasteiger partial charge in [0, 0.05) is 18.3 Å². The molecule has 0 aliphatic heterocycles. The Morgan fingerprint density at radius 2 is 2.44 bits per heavy atom. The molecule has 46 valence electrons. The Balaban J connectivity index is 2.72. The largest absolute Gasteiger partial charge is 0.261 e.